The van der Waals surface area contributed by atoms with Crippen molar-refractivity contribution in [3.8, 4) is 0 Å². The molecule has 0 amide bonds. The first-order valence-electron chi connectivity index (χ1n) is 23.8. The number of ether oxygens (including phenoxy) is 2. The molecule has 0 saturated heterocycles. The van der Waals surface area contributed by atoms with Gasteiger partial charge >= 0.3 is 19.8 Å². The molecule has 0 bridgehead atoms. The van der Waals surface area contributed by atoms with Crippen molar-refractivity contribution in [2.75, 3.05) is 47.5 Å². The lowest BCUT2D eigenvalue weighted by atomic mass is 9.89. The molecule has 1 unspecified atom stereocenters. The highest BCUT2D eigenvalue weighted by Crippen LogP contribution is 2.43. The molecule has 7 atom stereocenters. The zero-order valence-electron chi connectivity index (χ0n) is 39.2. The lowest BCUT2D eigenvalue weighted by Gasteiger charge is -2.24. The van der Waals surface area contributed by atoms with E-state index in [0.29, 0.717) is 30.3 Å². The Morgan fingerprint density at radius 1 is 0.726 bits per heavy atom. The molecule has 0 aromatic carbocycles. The van der Waals surface area contributed by atoms with Gasteiger partial charge in [-0.15, -0.1) is 0 Å². The molecule has 1 aliphatic carbocycles. The molecule has 358 valence electrons. The van der Waals surface area contributed by atoms with E-state index in [4.69, 9.17) is 18.5 Å². The van der Waals surface area contributed by atoms with Gasteiger partial charge < -0.3 is 34.2 Å². The van der Waals surface area contributed by atoms with Gasteiger partial charge in [0.2, 0.25) is 0 Å². The van der Waals surface area contributed by atoms with Crippen LogP contribution in [0.4, 0.5) is 0 Å². The van der Waals surface area contributed by atoms with Crippen molar-refractivity contribution in [1.29, 1.82) is 0 Å². The highest BCUT2D eigenvalue weighted by atomic mass is 31.2. The summed E-state index contributed by atoms with van der Waals surface area (Å²) in [7, 11) is 1.27. The van der Waals surface area contributed by atoms with Crippen LogP contribution >= 0.6 is 7.82 Å². The summed E-state index contributed by atoms with van der Waals surface area (Å²) in [6, 6.07) is 0. The van der Waals surface area contributed by atoms with Gasteiger partial charge in [-0.3, -0.25) is 18.6 Å². The molecule has 0 spiro atoms. The van der Waals surface area contributed by atoms with E-state index in [1.54, 1.807) is 24.3 Å². The number of hydrogen-bond acceptors (Lipinski definition) is 10. The average molecular weight is 897 g/mol. The number of phosphoric acid groups is 1. The second kappa shape index (κ2) is 35.9. The quantitative estimate of drug-likeness (QED) is 0.0153. The number of likely N-dealkylation sites (N-methyl/N-ethyl adjacent to an activating group) is 1. The van der Waals surface area contributed by atoms with Crippen LogP contribution in [-0.2, 0) is 32.7 Å². The van der Waals surface area contributed by atoms with Crippen molar-refractivity contribution >= 4 is 19.8 Å². The number of aliphatic hydroxyl groups excluding tert-OH is 3. The molecule has 62 heavy (non-hydrogen) atoms. The van der Waals surface area contributed by atoms with Gasteiger partial charge in [0.15, 0.2) is 6.10 Å². The summed E-state index contributed by atoms with van der Waals surface area (Å²) in [5, 5.41) is 31.5. The van der Waals surface area contributed by atoms with E-state index < -0.39 is 50.8 Å². The van der Waals surface area contributed by atoms with Crippen LogP contribution in [0.1, 0.15) is 155 Å². The fourth-order valence-electron chi connectivity index (χ4n) is 7.05. The minimum absolute atomic E-state index is 0.0307. The van der Waals surface area contributed by atoms with Crippen LogP contribution in [0.5, 0.6) is 0 Å². The smallest absolute Gasteiger partial charge is 0.462 e. The van der Waals surface area contributed by atoms with Gasteiger partial charge in [0.25, 0.3) is 0 Å². The van der Waals surface area contributed by atoms with Gasteiger partial charge in [-0.05, 0) is 63.7 Å². The molecule has 0 aliphatic heterocycles. The van der Waals surface area contributed by atoms with Crippen molar-refractivity contribution in [3.05, 3.63) is 60.8 Å². The third-order valence-corrected chi connectivity index (χ3v) is 11.9. The number of esters is 2. The van der Waals surface area contributed by atoms with Gasteiger partial charge in [0.1, 0.15) is 19.8 Å². The van der Waals surface area contributed by atoms with E-state index in [-0.39, 0.29) is 44.3 Å². The van der Waals surface area contributed by atoms with Gasteiger partial charge in [-0.25, -0.2) is 4.57 Å². The largest absolute Gasteiger partial charge is 0.472 e. The Labute approximate surface area is 375 Å². The number of carbonyl (C=O) groups is 2. The average Bonchev–Trinajstić information content (AvgIpc) is 3.48. The standard InChI is InChI=1S/C49H86NO11P/c1-6-8-10-11-12-13-14-15-16-17-18-19-20-21-22-23-24-25-26-28-33-48(54)58-40-43(41-60-62(56,57)59-38-37-50(3,4)5)61-49(55)34-30-29-32-44-45(47(53)39-46(44)52)36-35-42(51)31-27-9-7-2/h13-14,16-17,19-20,29-30,35-36,42-47,51-53H,6-12,15,18,21-28,31-34,37-41H2,1-5H3/p+1/b14-13-,17-16-,20-19-,30-29-,36-35+/t42-,43-,44+,45-,46+,47-/m1/s1. The fraction of sp³-hybridized carbons (Fsp3) is 0.755. The molecule has 0 aromatic rings. The maximum absolute atomic E-state index is 12.9. The number of allylic oxidation sites excluding steroid dienone is 7. The van der Waals surface area contributed by atoms with Crippen LogP contribution in [0.15, 0.2) is 60.8 Å². The summed E-state index contributed by atoms with van der Waals surface area (Å²) in [6.45, 7) is 3.89. The lowest BCUT2D eigenvalue weighted by molar-refractivity contribution is -0.870. The number of carbonyl (C=O) groups excluding carboxylic acids is 2. The van der Waals surface area contributed by atoms with Crippen LogP contribution in [0.25, 0.3) is 0 Å². The van der Waals surface area contributed by atoms with Crippen molar-refractivity contribution in [2.45, 2.75) is 180 Å². The lowest BCUT2D eigenvalue weighted by Crippen LogP contribution is -2.37. The molecule has 1 aliphatic rings. The molecular weight excluding hydrogens is 810 g/mol. The zero-order valence-corrected chi connectivity index (χ0v) is 40.1. The number of phosphoric ester groups is 1. The Hall–Kier alpha value is -2.41. The molecule has 13 heteroatoms. The van der Waals surface area contributed by atoms with Gasteiger partial charge in [-0.1, -0.05) is 139 Å². The summed E-state index contributed by atoms with van der Waals surface area (Å²) in [4.78, 5) is 35.7. The molecule has 4 N–H and O–H groups in total. The van der Waals surface area contributed by atoms with Crippen molar-refractivity contribution in [1.82, 2.24) is 0 Å². The number of nitrogens with zero attached hydrogens (tertiary/aromatic N) is 1. The van der Waals surface area contributed by atoms with Gasteiger partial charge in [0.05, 0.1) is 52.5 Å². The van der Waals surface area contributed by atoms with E-state index >= 15 is 0 Å². The van der Waals surface area contributed by atoms with Crippen molar-refractivity contribution < 1.29 is 57.4 Å². The van der Waals surface area contributed by atoms with Crippen LogP contribution in [0.2, 0.25) is 0 Å². The van der Waals surface area contributed by atoms with E-state index in [1.165, 1.54) is 32.1 Å². The molecule has 0 radical (unpaired) electrons. The first kappa shape index (κ1) is 57.6. The summed E-state index contributed by atoms with van der Waals surface area (Å²) in [5.74, 6) is -1.75. The number of unbranched alkanes of at least 4 members (excludes halogenated alkanes) is 12. The van der Waals surface area contributed by atoms with Crippen LogP contribution < -0.4 is 0 Å². The maximum Gasteiger partial charge on any atom is 0.472 e. The molecule has 1 fully saturated rings. The maximum atomic E-state index is 12.9. The van der Waals surface area contributed by atoms with Crippen LogP contribution in [0.3, 0.4) is 0 Å². The van der Waals surface area contributed by atoms with E-state index in [9.17, 15) is 34.4 Å². The van der Waals surface area contributed by atoms with E-state index in [1.807, 2.05) is 21.1 Å². The van der Waals surface area contributed by atoms with Crippen LogP contribution in [-0.4, -0.2) is 109 Å². The zero-order chi connectivity index (χ0) is 45.9. The third kappa shape index (κ3) is 32.3. The van der Waals surface area contributed by atoms with Gasteiger partial charge in [-0.2, -0.15) is 0 Å². The summed E-state index contributed by atoms with van der Waals surface area (Å²) < 4.78 is 34.2. The second-order valence-electron chi connectivity index (χ2n) is 17.8. The highest BCUT2D eigenvalue weighted by molar-refractivity contribution is 7.47. The minimum Gasteiger partial charge on any atom is -0.462 e. The van der Waals surface area contributed by atoms with E-state index in [2.05, 4.69) is 50.3 Å². The Bertz CT molecular complexity index is 1360. The predicted molar refractivity (Wildman–Crippen MR) is 249 cm³/mol. The molecule has 1 rings (SSSR count). The van der Waals surface area contributed by atoms with Crippen molar-refractivity contribution in [3.63, 3.8) is 0 Å². The highest BCUT2D eigenvalue weighted by Gasteiger charge is 2.39. The summed E-state index contributed by atoms with van der Waals surface area (Å²) >= 11 is 0. The first-order chi connectivity index (χ1) is 29.7. The summed E-state index contributed by atoms with van der Waals surface area (Å²) in [5.41, 5.74) is 0. The number of rotatable bonds is 38. The second-order valence-corrected chi connectivity index (χ2v) is 19.2. The molecule has 1 saturated carbocycles. The molecule has 0 aromatic heterocycles. The fourth-order valence-corrected chi connectivity index (χ4v) is 7.80. The Kier molecular flexibility index (Phi) is 33.3. The topological polar surface area (TPSA) is 169 Å². The summed E-state index contributed by atoms with van der Waals surface area (Å²) in [6.07, 6.45) is 36.8. The van der Waals surface area contributed by atoms with Crippen LogP contribution in [0, 0.1) is 11.8 Å². The first-order valence-corrected chi connectivity index (χ1v) is 25.3. The Morgan fingerprint density at radius 2 is 1.32 bits per heavy atom. The van der Waals surface area contributed by atoms with Gasteiger partial charge in [0, 0.05) is 18.8 Å². The minimum atomic E-state index is -4.48. The molecule has 0 heterocycles. The predicted octanol–water partition coefficient (Wildman–Crippen LogP) is 10.0. The Morgan fingerprint density at radius 3 is 1.97 bits per heavy atom. The molecular formula is C49H87NO11P+. The van der Waals surface area contributed by atoms with E-state index in [0.717, 1.165) is 70.6 Å². The normalized spacial score (nSPS) is 20.6. The number of hydrogen-bond donors (Lipinski definition) is 4. The number of aliphatic hydroxyl groups is 3. The Balaban J connectivity index is 2.50. The number of quaternary nitrogens is 1. The molecule has 12 nitrogen and oxygen atoms in total. The van der Waals surface area contributed by atoms with Crippen molar-refractivity contribution in [2.24, 2.45) is 11.8 Å². The third-order valence-electron chi connectivity index (χ3n) is 10.9. The SMILES string of the molecule is CCCCCC/C=C\C/C=C\C/C=C\CCCCCCCCC(=O)OC[C@H](COP(=O)(O)OCC[N+](C)(C)C)OC(=O)C/C=C\C[C@H]1[C@@H](/C=C/[C@H](O)CCCCC)[C@H](O)C[C@@H]1O. The monoisotopic (exact) mass is 897 g/mol.